The molecule has 1 N–H and O–H groups in total. The molecular weight excluding hydrogens is 328 g/mol. The molecule has 0 aliphatic rings. The highest BCUT2D eigenvalue weighted by Crippen LogP contribution is 2.26. The third-order valence-electron chi connectivity index (χ3n) is 3.89. The summed E-state index contributed by atoms with van der Waals surface area (Å²) in [6.45, 7) is 8.06. The molecule has 1 heterocycles. The van der Waals surface area contributed by atoms with Gasteiger partial charge in [-0.05, 0) is 49.9 Å². The van der Waals surface area contributed by atoms with Crippen LogP contribution in [0.25, 0.3) is 0 Å². The van der Waals surface area contributed by atoms with Crippen molar-refractivity contribution in [2.24, 2.45) is 0 Å². The van der Waals surface area contributed by atoms with Gasteiger partial charge in [0.25, 0.3) is 5.91 Å². The number of nitrogens with one attached hydrogen (secondary N) is 1. The Hall–Kier alpha value is -1.53. The van der Waals surface area contributed by atoms with E-state index < -0.39 is 10.8 Å². The van der Waals surface area contributed by atoms with Gasteiger partial charge in [0.15, 0.2) is 5.13 Å². The van der Waals surface area contributed by atoms with Crippen molar-refractivity contribution in [2.75, 3.05) is 5.32 Å². The van der Waals surface area contributed by atoms with E-state index in [2.05, 4.69) is 10.3 Å². The van der Waals surface area contributed by atoms with Crippen molar-refractivity contribution in [3.8, 4) is 0 Å². The van der Waals surface area contributed by atoms with Gasteiger partial charge in [0.2, 0.25) is 0 Å². The first-order chi connectivity index (χ1) is 11.0. The fourth-order valence-electron chi connectivity index (χ4n) is 2.22. The van der Waals surface area contributed by atoms with Crippen molar-refractivity contribution >= 4 is 33.2 Å². The van der Waals surface area contributed by atoms with Gasteiger partial charge < -0.3 is 0 Å². The van der Waals surface area contributed by atoms with Gasteiger partial charge in [0, 0.05) is 10.8 Å². The minimum Gasteiger partial charge on any atom is -0.298 e. The van der Waals surface area contributed by atoms with Crippen LogP contribution in [0.2, 0.25) is 0 Å². The largest absolute Gasteiger partial charge is 0.298 e. The number of aryl methyl sites for hydroxylation is 2. The average Bonchev–Trinajstić information content (AvgIpc) is 2.99. The Bertz CT molecular complexity index is 721. The molecule has 1 unspecified atom stereocenters. The monoisotopic (exact) mass is 350 g/mol. The lowest BCUT2D eigenvalue weighted by Crippen LogP contribution is -2.12. The Kier molecular flexibility index (Phi) is 6.07. The molecule has 0 radical (unpaired) electrons. The number of nitrogens with zero attached hydrogens (tertiary/aromatic N) is 1. The summed E-state index contributed by atoms with van der Waals surface area (Å²) in [5.41, 5.74) is 2.83. The summed E-state index contributed by atoms with van der Waals surface area (Å²) in [6, 6.07) is 5.59. The first kappa shape index (κ1) is 17.8. The van der Waals surface area contributed by atoms with E-state index in [9.17, 15) is 9.00 Å². The zero-order valence-electron chi connectivity index (χ0n) is 13.9. The van der Waals surface area contributed by atoms with E-state index in [-0.39, 0.29) is 11.2 Å². The number of aromatic nitrogens is 1. The quantitative estimate of drug-likeness (QED) is 0.844. The van der Waals surface area contributed by atoms with Crippen LogP contribution in [0, 0.1) is 13.8 Å². The van der Waals surface area contributed by atoms with E-state index in [1.807, 2.05) is 39.8 Å². The highest BCUT2D eigenvalue weighted by atomic mass is 32.2. The molecule has 1 aromatic heterocycles. The molecule has 2 rings (SSSR count). The van der Waals surface area contributed by atoms with E-state index in [4.69, 9.17) is 0 Å². The van der Waals surface area contributed by atoms with Gasteiger partial charge in [-0.15, -0.1) is 0 Å². The summed E-state index contributed by atoms with van der Waals surface area (Å²) in [7, 11) is -1.06. The number of rotatable bonds is 6. The molecule has 0 saturated carbocycles. The lowest BCUT2D eigenvalue weighted by atomic mass is 10.1. The summed E-state index contributed by atoms with van der Waals surface area (Å²) in [5.74, 6) is -0.192. The first-order valence-electron chi connectivity index (χ1n) is 7.71. The average molecular weight is 351 g/mol. The van der Waals surface area contributed by atoms with E-state index in [0.29, 0.717) is 14.9 Å². The Morgan fingerprint density at radius 2 is 1.96 bits per heavy atom. The maximum absolute atomic E-state index is 12.4. The molecule has 6 heteroatoms. The maximum atomic E-state index is 12.4. The molecule has 0 fully saturated rings. The lowest BCUT2D eigenvalue weighted by Gasteiger charge is -2.09. The molecule has 2 aromatic rings. The summed E-state index contributed by atoms with van der Waals surface area (Å²) >= 11 is 1.29. The number of carbonyl (C=O) groups excluding carboxylic acids is 1. The Labute approximate surface area is 143 Å². The molecule has 0 spiro atoms. The van der Waals surface area contributed by atoms with E-state index in [1.54, 1.807) is 12.3 Å². The molecular formula is C17H22N2O2S2. The molecule has 0 aliphatic heterocycles. The number of hydrogen-bond donors (Lipinski definition) is 1. The fraction of sp³-hybridized carbons (Fsp3) is 0.412. The number of hydrogen-bond acceptors (Lipinski definition) is 4. The highest BCUT2D eigenvalue weighted by Gasteiger charge is 2.18. The van der Waals surface area contributed by atoms with Crippen LogP contribution in [0.1, 0.15) is 48.2 Å². The van der Waals surface area contributed by atoms with Crippen molar-refractivity contribution in [1.82, 2.24) is 4.98 Å². The normalized spacial score (nSPS) is 12.4. The minimum atomic E-state index is -1.06. The Balaban J connectivity index is 2.10. The van der Waals surface area contributed by atoms with Crippen LogP contribution < -0.4 is 5.32 Å². The molecule has 4 nitrogen and oxygen atoms in total. The summed E-state index contributed by atoms with van der Waals surface area (Å²) in [6.07, 6.45) is 3.34. The SMILES string of the molecule is CCC(CC)S(=O)c1cnc(NC(=O)c2ccc(C)c(C)c2)s1. The van der Waals surface area contributed by atoms with Gasteiger partial charge in [-0.1, -0.05) is 31.3 Å². The number of benzene rings is 1. The standard InChI is InChI=1S/C17H22N2O2S2/c1-5-14(6-2)23(21)15-10-18-17(22-15)19-16(20)13-8-7-11(3)12(4)9-13/h7-10,14H,5-6H2,1-4H3,(H,18,19,20). The van der Waals surface area contributed by atoms with Crippen molar-refractivity contribution in [3.63, 3.8) is 0 Å². The van der Waals surface area contributed by atoms with Gasteiger partial charge >= 0.3 is 0 Å². The van der Waals surface area contributed by atoms with Gasteiger partial charge in [-0.2, -0.15) is 0 Å². The van der Waals surface area contributed by atoms with Gasteiger partial charge in [-0.25, -0.2) is 4.98 Å². The van der Waals surface area contributed by atoms with Crippen molar-refractivity contribution in [3.05, 3.63) is 41.1 Å². The van der Waals surface area contributed by atoms with Crippen LogP contribution in [-0.2, 0) is 10.8 Å². The van der Waals surface area contributed by atoms with Crippen LogP contribution in [0.3, 0.4) is 0 Å². The summed E-state index contributed by atoms with van der Waals surface area (Å²) < 4.78 is 13.1. The topological polar surface area (TPSA) is 59.1 Å². The van der Waals surface area contributed by atoms with E-state index in [1.165, 1.54) is 11.3 Å². The molecule has 1 amide bonds. The molecule has 0 bridgehead atoms. The highest BCUT2D eigenvalue weighted by molar-refractivity contribution is 7.88. The van der Waals surface area contributed by atoms with E-state index >= 15 is 0 Å². The van der Waals surface area contributed by atoms with Crippen molar-refractivity contribution < 1.29 is 9.00 Å². The van der Waals surface area contributed by atoms with Crippen molar-refractivity contribution in [1.29, 1.82) is 0 Å². The summed E-state index contributed by atoms with van der Waals surface area (Å²) in [4.78, 5) is 16.5. The van der Waals surface area contributed by atoms with Crippen LogP contribution in [0.15, 0.2) is 28.6 Å². The molecule has 1 aromatic carbocycles. The van der Waals surface area contributed by atoms with E-state index in [0.717, 1.165) is 24.0 Å². The molecule has 0 saturated heterocycles. The number of anilines is 1. The fourth-order valence-corrected chi connectivity index (χ4v) is 4.83. The second kappa shape index (κ2) is 7.84. The molecule has 23 heavy (non-hydrogen) atoms. The lowest BCUT2D eigenvalue weighted by molar-refractivity contribution is 0.102. The van der Waals surface area contributed by atoms with Crippen LogP contribution in [0.5, 0.6) is 0 Å². The van der Waals surface area contributed by atoms with Crippen LogP contribution in [-0.4, -0.2) is 20.3 Å². The summed E-state index contributed by atoms with van der Waals surface area (Å²) in [5, 5.41) is 3.42. The molecule has 1 atom stereocenters. The zero-order valence-corrected chi connectivity index (χ0v) is 15.5. The minimum absolute atomic E-state index is 0.138. The number of amides is 1. The van der Waals surface area contributed by atoms with Crippen LogP contribution >= 0.6 is 11.3 Å². The zero-order chi connectivity index (χ0) is 17.0. The van der Waals surface area contributed by atoms with Gasteiger partial charge in [0.05, 0.1) is 17.0 Å². The van der Waals surface area contributed by atoms with Gasteiger partial charge in [-0.3, -0.25) is 14.3 Å². The van der Waals surface area contributed by atoms with Crippen LogP contribution in [0.4, 0.5) is 5.13 Å². The second-order valence-electron chi connectivity index (χ2n) is 5.47. The molecule has 124 valence electrons. The number of thiazole rings is 1. The molecule has 0 aliphatic carbocycles. The predicted molar refractivity (Wildman–Crippen MR) is 96.8 cm³/mol. The maximum Gasteiger partial charge on any atom is 0.257 e. The Morgan fingerprint density at radius 1 is 1.26 bits per heavy atom. The third-order valence-corrected chi connectivity index (χ3v) is 7.11. The number of carbonyl (C=O) groups is 1. The van der Waals surface area contributed by atoms with Gasteiger partial charge in [0.1, 0.15) is 4.21 Å². The van der Waals surface area contributed by atoms with Crippen molar-refractivity contribution in [2.45, 2.75) is 50.0 Å². The Morgan fingerprint density at radius 3 is 2.57 bits per heavy atom. The first-order valence-corrected chi connectivity index (χ1v) is 9.74. The smallest absolute Gasteiger partial charge is 0.257 e. The second-order valence-corrected chi connectivity index (χ2v) is 8.46. The predicted octanol–water partition coefficient (Wildman–Crippen LogP) is 4.31. The third kappa shape index (κ3) is 4.26.